The quantitative estimate of drug-likeness (QED) is 0.840. The highest BCUT2D eigenvalue weighted by Crippen LogP contribution is 2.31. The summed E-state index contributed by atoms with van der Waals surface area (Å²) in [6, 6.07) is 1.47. The minimum atomic E-state index is -1.10. The summed E-state index contributed by atoms with van der Waals surface area (Å²) in [4.78, 5) is 11.7. The molecule has 1 atom stereocenters. The van der Waals surface area contributed by atoms with Crippen molar-refractivity contribution in [2.45, 2.75) is 18.9 Å². The van der Waals surface area contributed by atoms with Gasteiger partial charge in [-0.2, -0.15) is 0 Å². The molecule has 0 spiro atoms. The van der Waals surface area contributed by atoms with Crippen LogP contribution in [0, 0.1) is 17.6 Å². The molecule has 0 aliphatic heterocycles. The second-order valence-corrected chi connectivity index (χ2v) is 4.86. The first-order chi connectivity index (χ1) is 8.49. The van der Waals surface area contributed by atoms with Gasteiger partial charge in [0.25, 0.3) is 5.91 Å². The Balaban J connectivity index is 0.00000180. The van der Waals surface area contributed by atoms with E-state index in [1.54, 1.807) is 0 Å². The maximum atomic E-state index is 13.0. The molecule has 0 saturated heterocycles. The van der Waals surface area contributed by atoms with Gasteiger partial charge in [0.05, 0.1) is 10.6 Å². The second kappa shape index (κ2) is 6.50. The molecule has 106 valence electrons. The minimum Gasteiger partial charge on any atom is -0.350 e. The Morgan fingerprint density at radius 1 is 1.42 bits per heavy atom. The highest BCUT2D eigenvalue weighted by Gasteiger charge is 2.28. The van der Waals surface area contributed by atoms with Gasteiger partial charge in [-0.25, -0.2) is 8.78 Å². The first kappa shape index (κ1) is 16.1. The van der Waals surface area contributed by atoms with Crippen LogP contribution in [0.15, 0.2) is 12.1 Å². The van der Waals surface area contributed by atoms with E-state index < -0.39 is 17.5 Å². The second-order valence-electron chi connectivity index (χ2n) is 4.46. The monoisotopic (exact) mass is 310 g/mol. The summed E-state index contributed by atoms with van der Waals surface area (Å²) in [5.74, 6) is -2.28. The third-order valence-corrected chi connectivity index (χ3v) is 3.29. The molecule has 0 aromatic heterocycles. The molecule has 0 heterocycles. The zero-order valence-corrected chi connectivity index (χ0v) is 11.5. The summed E-state index contributed by atoms with van der Waals surface area (Å²) < 4.78 is 25.9. The maximum Gasteiger partial charge on any atom is 0.252 e. The zero-order chi connectivity index (χ0) is 13.3. The number of rotatable bonds is 4. The Kier molecular flexibility index (Phi) is 5.52. The van der Waals surface area contributed by atoms with Gasteiger partial charge in [0.1, 0.15) is 0 Å². The zero-order valence-electron chi connectivity index (χ0n) is 9.96. The number of carbonyl (C=O) groups excluding carboxylic acids is 1. The van der Waals surface area contributed by atoms with Gasteiger partial charge in [-0.1, -0.05) is 11.6 Å². The number of nitrogens with one attached hydrogen (secondary N) is 1. The van der Waals surface area contributed by atoms with E-state index >= 15 is 0 Å². The number of nitrogens with two attached hydrogens (primary N) is 1. The van der Waals surface area contributed by atoms with Crippen molar-refractivity contribution in [2.75, 3.05) is 6.54 Å². The van der Waals surface area contributed by atoms with Crippen LogP contribution in [-0.4, -0.2) is 18.5 Å². The van der Waals surface area contributed by atoms with Crippen LogP contribution in [0.2, 0.25) is 5.02 Å². The summed E-state index contributed by atoms with van der Waals surface area (Å²) in [6.45, 7) is 0.304. The summed E-state index contributed by atoms with van der Waals surface area (Å²) in [7, 11) is 0. The van der Waals surface area contributed by atoms with Crippen molar-refractivity contribution in [1.29, 1.82) is 0 Å². The number of halogens is 4. The maximum absolute atomic E-state index is 13.0. The van der Waals surface area contributed by atoms with Crippen LogP contribution >= 0.6 is 24.0 Å². The molecule has 0 bridgehead atoms. The van der Waals surface area contributed by atoms with E-state index in [1.807, 2.05) is 0 Å². The van der Waals surface area contributed by atoms with Crippen molar-refractivity contribution in [1.82, 2.24) is 5.32 Å². The van der Waals surface area contributed by atoms with Crippen LogP contribution in [0.4, 0.5) is 8.78 Å². The van der Waals surface area contributed by atoms with Crippen LogP contribution in [0.5, 0.6) is 0 Å². The Bertz CT molecular complexity index is 481. The molecular weight excluding hydrogens is 297 g/mol. The average Bonchev–Trinajstić information content (AvgIpc) is 3.14. The van der Waals surface area contributed by atoms with E-state index in [1.165, 1.54) is 0 Å². The molecule has 1 amide bonds. The lowest BCUT2D eigenvalue weighted by Gasteiger charge is -2.12. The summed E-state index contributed by atoms with van der Waals surface area (Å²) >= 11 is 5.69. The smallest absolute Gasteiger partial charge is 0.252 e. The topological polar surface area (TPSA) is 55.1 Å². The minimum absolute atomic E-state index is 0. The van der Waals surface area contributed by atoms with Gasteiger partial charge in [0.15, 0.2) is 11.6 Å². The molecule has 1 aromatic rings. The molecule has 1 aliphatic carbocycles. The molecule has 19 heavy (non-hydrogen) atoms. The van der Waals surface area contributed by atoms with E-state index in [2.05, 4.69) is 5.32 Å². The number of amides is 1. The predicted octanol–water partition coefficient (Wildman–Crippen LogP) is 2.51. The first-order valence-electron chi connectivity index (χ1n) is 5.67. The third kappa shape index (κ3) is 4.03. The van der Waals surface area contributed by atoms with Crippen molar-refractivity contribution in [3.05, 3.63) is 34.4 Å². The van der Waals surface area contributed by atoms with Gasteiger partial charge in [-0.15, -0.1) is 12.4 Å². The number of hydrogen-bond donors (Lipinski definition) is 2. The molecule has 2 rings (SSSR count). The molecule has 7 heteroatoms. The van der Waals surface area contributed by atoms with Crippen LogP contribution in [0.25, 0.3) is 0 Å². The van der Waals surface area contributed by atoms with Crippen LogP contribution in [0.1, 0.15) is 23.2 Å². The van der Waals surface area contributed by atoms with Crippen molar-refractivity contribution < 1.29 is 13.6 Å². The molecule has 0 radical (unpaired) electrons. The molecule has 1 saturated carbocycles. The summed E-state index contributed by atoms with van der Waals surface area (Å²) in [5, 5.41) is 2.45. The predicted molar refractivity (Wildman–Crippen MR) is 71.6 cm³/mol. The lowest BCUT2D eigenvalue weighted by Crippen LogP contribution is -2.38. The van der Waals surface area contributed by atoms with Crippen LogP contribution in [-0.2, 0) is 0 Å². The summed E-state index contributed by atoms with van der Waals surface area (Å²) in [5.41, 5.74) is 5.73. The highest BCUT2D eigenvalue weighted by molar-refractivity contribution is 6.33. The van der Waals surface area contributed by atoms with Crippen molar-refractivity contribution in [2.24, 2.45) is 11.7 Å². The molecule has 3 N–H and O–H groups in total. The molecular formula is C12H14Cl2F2N2O. The Labute approximate surface area is 120 Å². The SMILES string of the molecule is Cl.NC(CNC(=O)c1cc(F)c(F)cc1Cl)C1CC1. The molecule has 1 aliphatic rings. The van der Waals surface area contributed by atoms with E-state index in [0.29, 0.717) is 12.5 Å². The van der Waals surface area contributed by atoms with Gasteiger partial charge < -0.3 is 11.1 Å². The van der Waals surface area contributed by atoms with Crippen LogP contribution in [0.3, 0.4) is 0 Å². The Hall–Kier alpha value is -0.910. The Morgan fingerprint density at radius 3 is 2.58 bits per heavy atom. The molecule has 3 nitrogen and oxygen atoms in total. The average molecular weight is 311 g/mol. The fraction of sp³-hybridized carbons (Fsp3) is 0.417. The normalized spacial score (nSPS) is 15.6. The van der Waals surface area contributed by atoms with Gasteiger partial charge in [-0.05, 0) is 30.9 Å². The number of hydrogen-bond acceptors (Lipinski definition) is 2. The number of carbonyl (C=O) groups is 1. The highest BCUT2D eigenvalue weighted by atomic mass is 35.5. The van der Waals surface area contributed by atoms with E-state index in [-0.39, 0.29) is 29.0 Å². The first-order valence-corrected chi connectivity index (χ1v) is 6.05. The van der Waals surface area contributed by atoms with Crippen molar-refractivity contribution >= 4 is 29.9 Å². The van der Waals surface area contributed by atoms with Gasteiger partial charge in [0, 0.05) is 12.6 Å². The van der Waals surface area contributed by atoms with Gasteiger partial charge in [0.2, 0.25) is 0 Å². The standard InChI is InChI=1S/C12H13ClF2N2O.ClH/c13-8-4-10(15)9(14)3-7(8)12(18)17-5-11(16)6-1-2-6;/h3-4,6,11H,1-2,5,16H2,(H,17,18);1H. The Morgan fingerprint density at radius 2 is 2.00 bits per heavy atom. The molecule has 1 unspecified atom stereocenters. The van der Waals surface area contributed by atoms with E-state index in [4.69, 9.17) is 17.3 Å². The van der Waals surface area contributed by atoms with Crippen molar-refractivity contribution in [3.8, 4) is 0 Å². The van der Waals surface area contributed by atoms with Crippen LogP contribution < -0.4 is 11.1 Å². The lowest BCUT2D eigenvalue weighted by atomic mass is 10.1. The van der Waals surface area contributed by atoms with Crippen molar-refractivity contribution in [3.63, 3.8) is 0 Å². The molecule has 1 fully saturated rings. The third-order valence-electron chi connectivity index (χ3n) is 2.98. The number of benzene rings is 1. The van der Waals surface area contributed by atoms with Gasteiger partial charge in [-0.3, -0.25) is 4.79 Å². The largest absolute Gasteiger partial charge is 0.350 e. The lowest BCUT2D eigenvalue weighted by molar-refractivity contribution is 0.0950. The fourth-order valence-corrected chi connectivity index (χ4v) is 1.93. The molecule has 1 aromatic carbocycles. The van der Waals surface area contributed by atoms with E-state index in [0.717, 1.165) is 25.0 Å². The van der Waals surface area contributed by atoms with Gasteiger partial charge >= 0.3 is 0 Å². The van der Waals surface area contributed by atoms with E-state index in [9.17, 15) is 13.6 Å². The fourth-order valence-electron chi connectivity index (χ4n) is 1.69. The summed E-state index contributed by atoms with van der Waals surface area (Å²) in [6.07, 6.45) is 2.14.